The van der Waals surface area contributed by atoms with E-state index in [9.17, 15) is 4.79 Å². The molecule has 1 atom stereocenters. The molecule has 1 aliphatic heterocycles. The Morgan fingerprint density at radius 3 is 3.14 bits per heavy atom. The van der Waals surface area contributed by atoms with Gasteiger partial charge in [0.15, 0.2) is 11.5 Å². The largest absolute Gasteiger partial charge is 0.463 e. The number of hydrogen-bond donors (Lipinski definition) is 3. The van der Waals surface area contributed by atoms with Crippen LogP contribution in [0.25, 0.3) is 11.5 Å². The summed E-state index contributed by atoms with van der Waals surface area (Å²) in [6.45, 7) is 2.74. The van der Waals surface area contributed by atoms with Gasteiger partial charge in [-0.3, -0.25) is 9.89 Å². The molecule has 0 bridgehead atoms. The lowest BCUT2D eigenvalue weighted by atomic mass is 10.00. The maximum Gasteiger partial charge on any atom is 0.271 e. The summed E-state index contributed by atoms with van der Waals surface area (Å²) in [6.07, 6.45) is 3.92. The van der Waals surface area contributed by atoms with Crippen molar-refractivity contribution in [2.75, 3.05) is 19.6 Å². The van der Waals surface area contributed by atoms with Gasteiger partial charge in [0.2, 0.25) is 0 Å². The number of nitrogens with zero attached hydrogens (tertiary/aromatic N) is 1. The number of aromatic nitrogens is 2. The number of aromatic amines is 1. The van der Waals surface area contributed by atoms with E-state index in [2.05, 4.69) is 20.8 Å². The molecule has 1 unspecified atom stereocenters. The molecule has 3 N–H and O–H groups in total. The number of hydrogen-bond acceptors (Lipinski definition) is 4. The number of halogens is 1. The number of furan rings is 1. The minimum atomic E-state index is -0.148. The number of piperidine rings is 1. The molecule has 3 heterocycles. The monoisotopic (exact) mass is 310 g/mol. The van der Waals surface area contributed by atoms with Gasteiger partial charge in [0, 0.05) is 12.6 Å². The zero-order valence-corrected chi connectivity index (χ0v) is 12.4. The van der Waals surface area contributed by atoms with E-state index >= 15 is 0 Å². The molecule has 7 heteroatoms. The highest BCUT2D eigenvalue weighted by atomic mass is 35.5. The summed E-state index contributed by atoms with van der Waals surface area (Å²) in [6, 6.07) is 5.32. The van der Waals surface area contributed by atoms with Crippen LogP contribution in [0.5, 0.6) is 0 Å². The van der Waals surface area contributed by atoms with Crippen LogP contribution in [0.1, 0.15) is 23.3 Å². The Hall–Kier alpha value is -1.79. The quantitative estimate of drug-likeness (QED) is 0.804. The van der Waals surface area contributed by atoms with Crippen LogP contribution in [0.3, 0.4) is 0 Å². The average Bonchev–Trinajstić information content (AvgIpc) is 3.16. The van der Waals surface area contributed by atoms with Crippen molar-refractivity contribution < 1.29 is 9.21 Å². The Balaban J connectivity index is 0.00000161. The molecular formula is C14H19ClN4O2. The third kappa shape index (κ3) is 3.86. The Bertz CT molecular complexity index is 561. The van der Waals surface area contributed by atoms with Crippen molar-refractivity contribution in [3.8, 4) is 11.5 Å². The van der Waals surface area contributed by atoms with Crippen molar-refractivity contribution in [1.29, 1.82) is 0 Å². The fourth-order valence-corrected chi connectivity index (χ4v) is 2.42. The van der Waals surface area contributed by atoms with Crippen molar-refractivity contribution in [2.24, 2.45) is 5.92 Å². The molecule has 0 spiro atoms. The van der Waals surface area contributed by atoms with Gasteiger partial charge in [-0.1, -0.05) is 0 Å². The minimum Gasteiger partial charge on any atom is -0.463 e. The molecule has 3 rings (SSSR count). The molecule has 0 aliphatic carbocycles. The molecule has 1 aliphatic rings. The van der Waals surface area contributed by atoms with Crippen LogP contribution < -0.4 is 10.6 Å². The van der Waals surface area contributed by atoms with Gasteiger partial charge >= 0.3 is 0 Å². The van der Waals surface area contributed by atoms with E-state index in [0.29, 0.717) is 29.6 Å². The Kier molecular flexibility index (Phi) is 5.41. The fourth-order valence-electron chi connectivity index (χ4n) is 2.42. The summed E-state index contributed by atoms with van der Waals surface area (Å²) >= 11 is 0. The third-order valence-electron chi connectivity index (χ3n) is 3.55. The van der Waals surface area contributed by atoms with Gasteiger partial charge < -0.3 is 15.1 Å². The van der Waals surface area contributed by atoms with Crippen LogP contribution in [0.4, 0.5) is 0 Å². The zero-order valence-electron chi connectivity index (χ0n) is 11.6. The van der Waals surface area contributed by atoms with Crippen molar-refractivity contribution in [2.45, 2.75) is 12.8 Å². The smallest absolute Gasteiger partial charge is 0.271 e. The van der Waals surface area contributed by atoms with Crippen LogP contribution in [0.15, 0.2) is 28.9 Å². The maximum atomic E-state index is 12.0. The van der Waals surface area contributed by atoms with Gasteiger partial charge in [-0.2, -0.15) is 5.10 Å². The molecule has 0 aromatic carbocycles. The highest BCUT2D eigenvalue weighted by molar-refractivity contribution is 5.93. The fraction of sp³-hybridized carbons (Fsp3) is 0.429. The predicted octanol–water partition coefficient (Wildman–Crippen LogP) is 1.82. The summed E-state index contributed by atoms with van der Waals surface area (Å²) in [4.78, 5) is 12.0. The molecular weight excluding hydrogens is 292 g/mol. The highest BCUT2D eigenvalue weighted by Crippen LogP contribution is 2.17. The second-order valence-corrected chi connectivity index (χ2v) is 5.07. The van der Waals surface area contributed by atoms with Crippen molar-refractivity contribution in [1.82, 2.24) is 20.8 Å². The first kappa shape index (κ1) is 15.6. The topological polar surface area (TPSA) is 83.0 Å². The number of carbonyl (C=O) groups is 1. The van der Waals surface area contributed by atoms with Gasteiger partial charge in [-0.15, -0.1) is 12.4 Å². The first-order valence-electron chi connectivity index (χ1n) is 6.91. The molecule has 1 amide bonds. The Morgan fingerprint density at radius 2 is 2.43 bits per heavy atom. The number of amides is 1. The number of rotatable bonds is 4. The number of H-pyrrole nitrogens is 1. The summed E-state index contributed by atoms with van der Waals surface area (Å²) in [5, 5.41) is 13.1. The predicted molar refractivity (Wildman–Crippen MR) is 81.5 cm³/mol. The molecule has 2 aromatic heterocycles. The van der Waals surface area contributed by atoms with Crippen LogP contribution >= 0.6 is 12.4 Å². The average molecular weight is 311 g/mol. The second-order valence-electron chi connectivity index (χ2n) is 5.07. The molecule has 114 valence electrons. The maximum absolute atomic E-state index is 12.0. The molecule has 0 radical (unpaired) electrons. The summed E-state index contributed by atoms with van der Waals surface area (Å²) in [5.41, 5.74) is 1.10. The first-order valence-corrected chi connectivity index (χ1v) is 6.91. The lowest BCUT2D eigenvalue weighted by Crippen LogP contribution is -2.38. The van der Waals surface area contributed by atoms with Gasteiger partial charge in [-0.05, 0) is 44.0 Å². The third-order valence-corrected chi connectivity index (χ3v) is 3.55. The van der Waals surface area contributed by atoms with Gasteiger partial charge in [0.25, 0.3) is 5.91 Å². The highest BCUT2D eigenvalue weighted by Gasteiger charge is 2.16. The summed E-state index contributed by atoms with van der Waals surface area (Å²) in [5.74, 6) is 1.04. The number of nitrogens with one attached hydrogen (secondary N) is 3. The second kappa shape index (κ2) is 7.28. The summed E-state index contributed by atoms with van der Waals surface area (Å²) < 4.78 is 5.26. The lowest BCUT2D eigenvalue weighted by Gasteiger charge is -2.22. The van der Waals surface area contributed by atoms with Crippen LogP contribution in [0, 0.1) is 5.92 Å². The molecule has 1 fully saturated rings. The first-order chi connectivity index (χ1) is 9.83. The minimum absolute atomic E-state index is 0. The van der Waals surface area contributed by atoms with E-state index in [1.807, 2.05) is 6.07 Å². The van der Waals surface area contributed by atoms with Gasteiger partial charge in [-0.25, -0.2) is 0 Å². The van der Waals surface area contributed by atoms with E-state index in [-0.39, 0.29) is 18.3 Å². The van der Waals surface area contributed by atoms with Crippen LogP contribution in [0.2, 0.25) is 0 Å². The van der Waals surface area contributed by atoms with Crippen molar-refractivity contribution >= 4 is 18.3 Å². The number of carbonyl (C=O) groups excluding carboxylic acids is 1. The molecule has 21 heavy (non-hydrogen) atoms. The summed E-state index contributed by atoms with van der Waals surface area (Å²) in [7, 11) is 0. The van der Waals surface area contributed by atoms with E-state index in [1.165, 1.54) is 6.42 Å². The molecule has 1 saturated heterocycles. The van der Waals surface area contributed by atoms with E-state index < -0.39 is 0 Å². The standard InChI is InChI=1S/C14H18N4O2.ClH/c19-14(16-9-10-3-1-5-15-8-10)12-7-11(17-18-12)13-4-2-6-20-13;/h2,4,6-7,10,15H,1,3,5,8-9H2,(H,16,19)(H,17,18);1H. The molecule has 6 nitrogen and oxygen atoms in total. The van der Waals surface area contributed by atoms with E-state index in [0.717, 1.165) is 19.5 Å². The zero-order chi connectivity index (χ0) is 13.8. The van der Waals surface area contributed by atoms with Crippen molar-refractivity contribution in [3.05, 3.63) is 30.2 Å². The van der Waals surface area contributed by atoms with Crippen molar-refractivity contribution in [3.63, 3.8) is 0 Å². The Labute approximate surface area is 129 Å². The van der Waals surface area contributed by atoms with E-state index in [1.54, 1.807) is 18.4 Å². The molecule has 0 saturated carbocycles. The van der Waals surface area contributed by atoms with Gasteiger partial charge in [0.05, 0.1) is 6.26 Å². The SMILES string of the molecule is Cl.O=C(NCC1CCCNC1)c1cc(-c2ccco2)[nH]n1. The Morgan fingerprint density at radius 1 is 1.52 bits per heavy atom. The van der Waals surface area contributed by atoms with Gasteiger partial charge in [0.1, 0.15) is 5.69 Å². The lowest BCUT2D eigenvalue weighted by molar-refractivity contribution is 0.0940. The normalized spacial score (nSPS) is 18.0. The molecule has 2 aromatic rings. The van der Waals surface area contributed by atoms with Crippen LogP contribution in [-0.2, 0) is 0 Å². The van der Waals surface area contributed by atoms with Crippen LogP contribution in [-0.4, -0.2) is 35.7 Å². The van der Waals surface area contributed by atoms with E-state index in [4.69, 9.17) is 4.42 Å².